The molecule has 0 spiro atoms. The van der Waals surface area contributed by atoms with Gasteiger partial charge in [0.25, 0.3) is 0 Å². The fourth-order valence-electron chi connectivity index (χ4n) is 1.87. The monoisotopic (exact) mass is 232 g/mol. The van der Waals surface area contributed by atoms with E-state index in [1.165, 1.54) is 0 Å². The summed E-state index contributed by atoms with van der Waals surface area (Å²) in [6.45, 7) is 2.01. The molecule has 1 unspecified atom stereocenters. The molecule has 3 N–H and O–H groups in total. The van der Waals surface area contributed by atoms with Crippen LogP contribution in [0.2, 0.25) is 0 Å². The Bertz CT molecular complexity index is 521. The summed E-state index contributed by atoms with van der Waals surface area (Å²) in [5.41, 5.74) is 8.66. The van der Waals surface area contributed by atoms with Gasteiger partial charge < -0.3 is 10.8 Å². The first kappa shape index (κ1) is 11.6. The van der Waals surface area contributed by atoms with Crippen LogP contribution < -0.4 is 5.73 Å². The lowest BCUT2D eigenvalue weighted by atomic mass is 10.0. The second-order valence-electron chi connectivity index (χ2n) is 3.97. The van der Waals surface area contributed by atoms with Crippen molar-refractivity contribution in [3.8, 4) is 0 Å². The van der Waals surface area contributed by atoms with Gasteiger partial charge >= 0.3 is 0 Å². The van der Waals surface area contributed by atoms with Crippen LogP contribution in [0.5, 0.6) is 0 Å². The van der Waals surface area contributed by atoms with Crippen LogP contribution in [-0.2, 0) is 13.5 Å². The maximum absolute atomic E-state index is 10.3. The Balaban J connectivity index is 2.43. The molecule has 0 aliphatic rings. The summed E-state index contributed by atoms with van der Waals surface area (Å²) in [6, 6.07) is 1.68. The van der Waals surface area contributed by atoms with E-state index in [-0.39, 0.29) is 0 Å². The van der Waals surface area contributed by atoms with E-state index >= 15 is 0 Å². The van der Waals surface area contributed by atoms with Crippen LogP contribution >= 0.6 is 0 Å². The Kier molecular flexibility index (Phi) is 3.10. The first-order valence-electron chi connectivity index (χ1n) is 5.53. The molecular weight excluding hydrogens is 216 g/mol. The van der Waals surface area contributed by atoms with Gasteiger partial charge in [0.15, 0.2) is 0 Å². The van der Waals surface area contributed by atoms with Gasteiger partial charge in [0.2, 0.25) is 0 Å². The summed E-state index contributed by atoms with van der Waals surface area (Å²) in [5, 5.41) is 14.6. The lowest BCUT2D eigenvalue weighted by molar-refractivity contribution is 0.219. The molecule has 2 rings (SSSR count). The van der Waals surface area contributed by atoms with Crippen LogP contribution in [0.1, 0.15) is 29.8 Å². The number of nitrogens with zero attached hydrogens (tertiary/aromatic N) is 3. The second kappa shape index (κ2) is 4.55. The lowest BCUT2D eigenvalue weighted by Crippen LogP contribution is -2.05. The van der Waals surface area contributed by atoms with E-state index in [2.05, 4.69) is 10.1 Å². The Morgan fingerprint density at radius 1 is 1.47 bits per heavy atom. The van der Waals surface area contributed by atoms with E-state index in [1.54, 1.807) is 23.1 Å². The number of aromatic nitrogens is 3. The Morgan fingerprint density at radius 2 is 2.24 bits per heavy atom. The summed E-state index contributed by atoms with van der Waals surface area (Å²) >= 11 is 0. The number of pyridine rings is 1. The summed E-state index contributed by atoms with van der Waals surface area (Å²) in [6.07, 6.45) is 5.01. The minimum atomic E-state index is -0.771. The van der Waals surface area contributed by atoms with Gasteiger partial charge in [-0.3, -0.25) is 9.67 Å². The van der Waals surface area contributed by atoms with Crippen molar-refractivity contribution in [3.63, 3.8) is 0 Å². The number of aliphatic hydroxyl groups is 1. The van der Waals surface area contributed by atoms with Crippen molar-refractivity contribution in [1.82, 2.24) is 14.8 Å². The third kappa shape index (κ3) is 2.14. The number of nitrogen functional groups attached to an aromatic ring is 1. The highest BCUT2D eigenvalue weighted by atomic mass is 16.3. The van der Waals surface area contributed by atoms with E-state index in [0.717, 1.165) is 17.7 Å². The molecule has 0 fully saturated rings. The Hall–Kier alpha value is -1.88. The maximum atomic E-state index is 10.3. The first-order valence-corrected chi connectivity index (χ1v) is 5.53. The summed E-state index contributed by atoms with van der Waals surface area (Å²) in [7, 11) is 1.84. The largest absolute Gasteiger partial charge is 0.398 e. The minimum Gasteiger partial charge on any atom is -0.398 e. The zero-order valence-corrected chi connectivity index (χ0v) is 9.96. The van der Waals surface area contributed by atoms with Crippen LogP contribution in [0.3, 0.4) is 0 Å². The standard InChI is InChI=1S/C12H16N4O/c1-3-11-9(7-16(2)15-11)12(17)8-6-14-5-4-10(8)13/h4-7,12,17H,3H2,1-2H3,(H2,13,14). The highest BCUT2D eigenvalue weighted by Crippen LogP contribution is 2.27. The van der Waals surface area contributed by atoms with Gasteiger partial charge in [-0.25, -0.2) is 0 Å². The van der Waals surface area contributed by atoms with Crippen LogP contribution in [0.15, 0.2) is 24.7 Å². The predicted octanol–water partition coefficient (Wildman–Crippen LogP) is 1.04. The van der Waals surface area contributed by atoms with Gasteiger partial charge in [-0.15, -0.1) is 0 Å². The maximum Gasteiger partial charge on any atom is 0.111 e. The Morgan fingerprint density at radius 3 is 2.88 bits per heavy atom. The van der Waals surface area contributed by atoms with Gasteiger partial charge in [-0.2, -0.15) is 5.10 Å². The molecule has 0 saturated carbocycles. The van der Waals surface area contributed by atoms with Crippen molar-refractivity contribution < 1.29 is 5.11 Å². The number of rotatable bonds is 3. The van der Waals surface area contributed by atoms with Crippen molar-refractivity contribution >= 4 is 5.69 Å². The Labute approximate surface area is 99.9 Å². The smallest absolute Gasteiger partial charge is 0.111 e. The number of nitrogens with two attached hydrogens (primary N) is 1. The molecule has 5 nitrogen and oxygen atoms in total. The van der Waals surface area contributed by atoms with Crippen molar-refractivity contribution in [2.45, 2.75) is 19.4 Å². The molecule has 0 saturated heterocycles. The number of hydrogen-bond donors (Lipinski definition) is 2. The molecule has 1 atom stereocenters. The third-order valence-electron chi connectivity index (χ3n) is 2.75. The molecular formula is C12H16N4O. The van der Waals surface area contributed by atoms with Gasteiger partial charge in [0.1, 0.15) is 6.10 Å². The molecule has 17 heavy (non-hydrogen) atoms. The molecule has 90 valence electrons. The van der Waals surface area contributed by atoms with Crippen LogP contribution in [0, 0.1) is 0 Å². The van der Waals surface area contributed by atoms with Crippen LogP contribution in [-0.4, -0.2) is 19.9 Å². The topological polar surface area (TPSA) is 77.0 Å². The van der Waals surface area contributed by atoms with Crippen molar-refractivity contribution in [1.29, 1.82) is 0 Å². The molecule has 2 heterocycles. The highest BCUT2D eigenvalue weighted by Gasteiger charge is 2.19. The number of hydrogen-bond acceptors (Lipinski definition) is 4. The predicted molar refractivity (Wildman–Crippen MR) is 65.3 cm³/mol. The summed E-state index contributed by atoms with van der Waals surface area (Å²) in [5.74, 6) is 0. The van der Waals surface area contributed by atoms with Gasteiger partial charge in [-0.05, 0) is 12.5 Å². The number of anilines is 1. The van der Waals surface area contributed by atoms with Crippen LogP contribution in [0.4, 0.5) is 5.69 Å². The normalized spacial score (nSPS) is 12.6. The average molecular weight is 232 g/mol. The molecule has 5 heteroatoms. The molecule has 0 bridgehead atoms. The lowest BCUT2D eigenvalue weighted by Gasteiger charge is -2.12. The zero-order chi connectivity index (χ0) is 12.4. The zero-order valence-electron chi connectivity index (χ0n) is 9.96. The first-order chi connectivity index (χ1) is 8.13. The second-order valence-corrected chi connectivity index (χ2v) is 3.97. The van der Waals surface area contributed by atoms with E-state index in [1.807, 2.05) is 20.2 Å². The van der Waals surface area contributed by atoms with E-state index in [9.17, 15) is 5.11 Å². The van der Waals surface area contributed by atoms with E-state index in [0.29, 0.717) is 11.3 Å². The van der Waals surface area contributed by atoms with Gasteiger partial charge in [0.05, 0.1) is 5.69 Å². The summed E-state index contributed by atoms with van der Waals surface area (Å²) in [4.78, 5) is 3.99. The minimum absolute atomic E-state index is 0.540. The average Bonchev–Trinajstić information content (AvgIpc) is 2.70. The quantitative estimate of drug-likeness (QED) is 0.829. The number of aliphatic hydroxyl groups excluding tert-OH is 1. The molecule has 0 aromatic carbocycles. The fourth-order valence-corrected chi connectivity index (χ4v) is 1.87. The van der Waals surface area contributed by atoms with E-state index in [4.69, 9.17) is 5.73 Å². The van der Waals surface area contributed by atoms with Crippen molar-refractivity contribution in [3.05, 3.63) is 41.5 Å². The molecule has 0 aliphatic heterocycles. The molecule has 0 amide bonds. The van der Waals surface area contributed by atoms with E-state index < -0.39 is 6.10 Å². The molecule has 2 aromatic heterocycles. The third-order valence-corrected chi connectivity index (χ3v) is 2.75. The SMILES string of the molecule is CCc1nn(C)cc1C(O)c1cnccc1N. The molecule has 0 radical (unpaired) electrons. The highest BCUT2D eigenvalue weighted by molar-refractivity contribution is 5.48. The number of aryl methyl sites for hydroxylation is 2. The fraction of sp³-hybridized carbons (Fsp3) is 0.333. The molecule has 0 aliphatic carbocycles. The van der Waals surface area contributed by atoms with Crippen molar-refractivity contribution in [2.24, 2.45) is 7.05 Å². The summed E-state index contributed by atoms with van der Waals surface area (Å²) < 4.78 is 1.70. The van der Waals surface area contributed by atoms with Gasteiger partial charge in [-0.1, -0.05) is 6.92 Å². The van der Waals surface area contributed by atoms with Crippen molar-refractivity contribution in [2.75, 3.05) is 5.73 Å². The van der Waals surface area contributed by atoms with Crippen LogP contribution in [0.25, 0.3) is 0 Å². The van der Waals surface area contributed by atoms with Gasteiger partial charge in [0, 0.05) is 42.5 Å². The molecule has 2 aromatic rings.